The van der Waals surface area contributed by atoms with E-state index in [4.69, 9.17) is 4.74 Å². The molecule has 7 atom stereocenters. The highest BCUT2D eigenvalue weighted by atomic mass is 16.5. The van der Waals surface area contributed by atoms with E-state index in [2.05, 4.69) is 20.8 Å². The van der Waals surface area contributed by atoms with Gasteiger partial charge in [0.1, 0.15) is 11.9 Å². The van der Waals surface area contributed by atoms with Crippen molar-refractivity contribution in [3.63, 3.8) is 0 Å². The van der Waals surface area contributed by atoms with Crippen LogP contribution >= 0.6 is 0 Å². The van der Waals surface area contributed by atoms with Crippen molar-refractivity contribution in [1.82, 2.24) is 0 Å². The minimum absolute atomic E-state index is 0.0258. The molecule has 3 heteroatoms. The van der Waals surface area contributed by atoms with Gasteiger partial charge >= 0.3 is 5.97 Å². The number of ether oxygens (including phenoxy) is 1. The van der Waals surface area contributed by atoms with Gasteiger partial charge in [0.15, 0.2) is 0 Å². The minimum atomic E-state index is -0.126. The van der Waals surface area contributed by atoms with E-state index < -0.39 is 0 Å². The zero-order valence-electron chi connectivity index (χ0n) is 14.7. The Hall–Kier alpha value is -1.12. The predicted octanol–water partition coefficient (Wildman–Crippen LogP) is 3.92. The Bertz CT molecular complexity index is 604. The molecule has 0 bridgehead atoms. The van der Waals surface area contributed by atoms with Gasteiger partial charge in [0, 0.05) is 23.8 Å². The summed E-state index contributed by atoms with van der Waals surface area (Å²) in [6, 6.07) is 0. The third-order valence-electron chi connectivity index (χ3n) is 7.33. The first kappa shape index (κ1) is 15.4. The van der Waals surface area contributed by atoms with Crippen molar-refractivity contribution in [2.24, 2.45) is 35.0 Å². The number of ketones is 1. The number of carbonyl (C=O) groups is 2. The van der Waals surface area contributed by atoms with Gasteiger partial charge in [-0.05, 0) is 55.8 Å². The molecule has 0 aromatic carbocycles. The number of Topliss-reactive ketones (excluding diaryl/α,β-unsaturated/α-hetero) is 1. The van der Waals surface area contributed by atoms with Crippen molar-refractivity contribution in [3.8, 4) is 0 Å². The maximum absolute atomic E-state index is 12.6. The molecule has 0 unspecified atom stereocenters. The number of hydrogen-bond donors (Lipinski definition) is 0. The molecule has 3 fully saturated rings. The van der Waals surface area contributed by atoms with Gasteiger partial charge in [-0.15, -0.1) is 0 Å². The minimum Gasteiger partial charge on any atom is -0.458 e. The van der Waals surface area contributed by atoms with Crippen LogP contribution in [0.15, 0.2) is 11.1 Å². The van der Waals surface area contributed by atoms with Crippen LogP contribution in [0.1, 0.15) is 59.8 Å². The van der Waals surface area contributed by atoms with Crippen LogP contribution in [0, 0.1) is 35.0 Å². The highest BCUT2D eigenvalue weighted by molar-refractivity contribution is 5.90. The third kappa shape index (κ3) is 2.22. The van der Waals surface area contributed by atoms with Gasteiger partial charge in [0.25, 0.3) is 0 Å². The molecule has 3 aliphatic carbocycles. The molecule has 23 heavy (non-hydrogen) atoms. The second kappa shape index (κ2) is 4.94. The first-order valence-corrected chi connectivity index (χ1v) is 9.25. The van der Waals surface area contributed by atoms with E-state index in [1.54, 1.807) is 0 Å². The number of esters is 1. The van der Waals surface area contributed by atoms with Crippen LogP contribution in [-0.4, -0.2) is 17.9 Å². The predicted molar refractivity (Wildman–Crippen MR) is 87.6 cm³/mol. The summed E-state index contributed by atoms with van der Waals surface area (Å²) in [6.07, 6.45) is 4.75. The average Bonchev–Trinajstić information content (AvgIpc) is 2.94. The van der Waals surface area contributed by atoms with Crippen molar-refractivity contribution in [1.29, 1.82) is 0 Å². The van der Waals surface area contributed by atoms with Crippen LogP contribution in [0.3, 0.4) is 0 Å². The van der Waals surface area contributed by atoms with Crippen LogP contribution in [0.5, 0.6) is 0 Å². The summed E-state index contributed by atoms with van der Waals surface area (Å²) in [4.78, 5) is 24.8. The Morgan fingerprint density at radius 1 is 1.22 bits per heavy atom. The normalized spacial score (nSPS) is 49.4. The van der Waals surface area contributed by atoms with E-state index in [0.29, 0.717) is 41.8 Å². The lowest BCUT2D eigenvalue weighted by Gasteiger charge is -2.41. The van der Waals surface area contributed by atoms with Crippen LogP contribution in [0.2, 0.25) is 0 Å². The second-order valence-corrected chi connectivity index (χ2v) is 8.99. The second-order valence-electron chi connectivity index (χ2n) is 8.99. The van der Waals surface area contributed by atoms with Gasteiger partial charge in [0.05, 0.1) is 0 Å². The van der Waals surface area contributed by atoms with E-state index in [1.165, 1.54) is 5.57 Å². The molecule has 0 spiro atoms. The Morgan fingerprint density at radius 3 is 2.70 bits per heavy atom. The molecule has 1 heterocycles. The van der Waals surface area contributed by atoms with Gasteiger partial charge in [-0.25, -0.2) is 4.79 Å². The van der Waals surface area contributed by atoms with Crippen molar-refractivity contribution >= 4 is 11.8 Å². The van der Waals surface area contributed by atoms with Crippen LogP contribution in [-0.2, 0) is 14.3 Å². The molecule has 126 valence electrons. The molecule has 0 saturated heterocycles. The molecule has 3 saturated carbocycles. The SMILES string of the molecule is CC1=C2CC[C@@]3(C)C[C@H]4[C@H](C)[C@H]4C(=O)C[C@@H](C)C[C@@H](OC1=O)[C@H]23. The first-order chi connectivity index (χ1) is 10.8. The quantitative estimate of drug-likeness (QED) is 0.636. The van der Waals surface area contributed by atoms with Crippen molar-refractivity contribution in [2.45, 2.75) is 65.9 Å². The highest BCUT2D eigenvalue weighted by Crippen LogP contribution is 2.62. The fourth-order valence-corrected chi connectivity index (χ4v) is 5.97. The van der Waals surface area contributed by atoms with Gasteiger partial charge in [-0.2, -0.15) is 0 Å². The number of carbonyl (C=O) groups excluding carboxylic acids is 2. The Kier molecular flexibility index (Phi) is 3.31. The lowest BCUT2D eigenvalue weighted by molar-refractivity contribution is -0.152. The summed E-state index contributed by atoms with van der Waals surface area (Å²) in [6.45, 7) is 8.71. The van der Waals surface area contributed by atoms with E-state index in [-0.39, 0.29) is 17.5 Å². The van der Waals surface area contributed by atoms with E-state index >= 15 is 0 Å². The number of fused-ring (bicyclic) bond motifs is 1. The number of rotatable bonds is 0. The van der Waals surface area contributed by atoms with Crippen molar-refractivity contribution in [3.05, 3.63) is 11.1 Å². The molecule has 0 N–H and O–H groups in total. The molecule has 3 nitrogen and oxygen atoms in total. The fraction of sp³-hybridized carbons (Fsp3) is 0.800. The summed E-state index contributed by atoms with van der Waals surface area (Å²) in [7, 11) is 0. The van der Waals surface area contributed by atoms with Crippen LogP contribution in [0.25, 0.3) is 0 Å². The molecule has 0 amide bonds. The summed E-state index contributed by atoms with van der Waals surface area (Å²) in [5.41, 5.74) is 2.40. The molecule has 4 rings (SSSR count). The van der Waals surface area contributed by atoms with Gasteiger partial charge < -0.3 is 4.74 Å². The standard InChI is InChI=1S/C20H28O3/c1-10-7-15(21)17-11(2)14(17)9-20(4)6-5-13-12(3)19(22)23-16(8-10)18(13)20/h10-11,14,16-18H,5-9H2,1-4H3/t10-,11+,14+,16-,17-,18+,20+/m1/s1. The number of hydrogen-bond acceptors (Lipinski definition) is 3. The Balaban J connectivity index is 1.74. The molecule has 0 aromatic rings. The monoisotopic (exact) mass is 316 g/mol. The van der Waals surface area contributed by atoms with Crippen molar-refractivity contribution in [2.75, 3.05) is 0 Å². The highest BCUT2D eigenvalue weighted by Gasteiger charge is 2.59. The molecule has 4 aliphatic rings. The topological polar surface area (TPSA) is 43.4 Å². The Morgan fingerprint density at radius 2 is 1.96 bits per heavy atom. The van der Waals surface area contributed by atoms with Crippen LogP contribution < -0.4 is 0 Å². The van der Waals surface area contributed by atoms with Gasteiger partial charge in [0.2, 0.25) is 0 Å². The van der Waals surface area contributed by atoms with Crippen molar-refractivity contribution < 1.29 is 14.3 Å². The summed E-state index contributed by atoms with van der Waals surface area (Å²) < 4.78 is 5.85. The molecule has 0 aromatic heterocycles. The zero-order valence-corrected chi connectivity index (χ0v) is 14.7. The molecular formula is C20H28O3. The molecular weight excluding hydrogens is 288 g/mol. The third-order valence-corrected chi connectivity index (χ3v) is 7.33. The van der Waals surface area contributed by atoms with E-state index in [1.807, 2.05) is 6.92 Å². The average molecular weight is 316 g/mol. The van der Waals surface area contributed by atoms with E-state index in [0.717, 1.165) is 31.3 Å². The van der Waals surface area contributed by atoms with Gasteiger partial charge in [-0.3, -0.25) is 4.79 Å². The lowest BCUT2D eigenvalue weighted by atomic mass is 9.68. The fourth-order valence-electron chi connectivity index (χ4n) is 5.97. The van der Waals surface area contributed by atoms with Gasteiger partial charge in [-0.1, -0.05) is 26.3 Å². The molecule has 0 radical (unpaired) electrons. The summed E-state index contributed by atoms with van der Waals surface area (Å²) in [5, 5.41) is 0. The smallest absolute Gasteiger partial charge is 0.333 e. The summed E-state index contributed by atoms with van der Waals surface area (Å²) >= 11 is 0. The maximum atomic E-state index is 12.6. The summed E-state index contributed by atoms with van der Waals surface area (Å²) in [5.74, 6) is 2.40. The molecule has 1 aliphatic heterocycles. The van der Waals surface area contributed by atoms with E-state index in [9.17, 15) is 9.59 Å². The maximum Gasteiger partial charge on any atom is 0.333 e. The van der Waals surface area contributed by atoms with Crippen LogP contribution in [0.4, 0.5) is 0 Å². The Labute approximate surface area is 138 Å². The lowest BCUT2D eigenvalue weighted by Crippen LogP contribution is -2.41. The first-order valence-electron chi connectivity index (χ1n) is 9.25. The zero-order chi connectivity index (χ0) is 16.5. The largest absolute Gasteiger partial charge is 0.458 e.